The van der Waals surface area contributed by atoms with E-state index >= 15 is 0 Å². The molecule has 0 saturated heterocycles. The molecule has 1 aromatic heterocycles. The number of rotatable bonds is 1. The second kappa shape index (κ2) is 6.05. The van der Waals surface area contributed by atoms with Gasteiger partial charge in [0.2, 0.25) is 0 Å². The van der Waals surface area contributed by atoms with Gasteiger partial charge in [0.25, 0.3) is 0 Å². The largest absolute Gasteiger partial charge is 0.240 e. The Kier molecular flexibility index (Phi) is 3.95. The lowest BCUT2D eigenvalue weighted by molar-refractivity contribution is 0.624. The summed E-state index contributed by atoms with van der Waals surface area (Å²) in [5, 5.41) is 4.87. The van der Waals surface area contributed by atoms with E-state index in [9.17, 15) is 4.39 Å². The standard InChI is InChI=1S/C18H12ClFN2/c1-13-7-17(20)10-18(8-13)22-12-15(11-21-22)6-5-14-3-2-4-16(19)9-14/h2-4,7-12H,1H3. The van der Waals surface area contributed by atoms with Crippen LogP contribution in [0.4, 0.5) is 4.39 Å². The molecule has 3 rings (SSSR count). The van der Waals surface area contributed by atoms with Gasteiger partial charge in [0.15, 0.2) is 0 Å². The Balaban J connectivity index is 1.88. The third-order valence-electron chi connectivity index (χ3n) is 3.05. The van der Waals surface area contributed by atoms with Crippen molar-refractivity contribution in [3.05, 3.63) is 82.4 Å². The number of nitrogens with zero attached hydrogens (tertiary/aromatic N) is 2. The molecular weight excluding hydrogens is 299 g/mol. The first-order chi connectivity index (χ1) is 10.6. The molecule has 0 spiro atoms. The zero-order chi connectivity index (χ0) is 15.5. The highest BCUT2D eigenvalue weighted by molar-refractivity contribution is 6.30. The molecule has 0 fully saturated rings. The Labute approximate surface area is 133 Å². The molecule has 0 unspecified atom stereocenters. The fourth-order valence-corrected chi connectivity index (χ4v) is 2.28. The first kappa shape index (κ1) is 14.4. The summed E-state index contributed by atoms with van der Waals surface area (Å²) >= 11 is 5.92. The van der Waals surface area contributed by atoms with Gasteiger partial charge in [-0.3, -0.25) is 0 Å². The molecule has 0 amide bonds. The van der Waals surface area contributed by atoms with E-state index in [2.05, 4.69) is 16.9 Å². The lowest BCUT2D eigenvalue weighted by Crippen LogP contribution is -1.95. The summed E-state index contributed by atoms with van der Waals surface area (Å²) in [7, 11) is 0. The molecular formula is C18H12ClFN2. The van der Waals surface area contributed by atoms with E-state index in [4.69, 9.17) is 11.6 Å². The van der Waals surface area contributed by atoms with Gasteiger partial charge in [-0.15, -0.1) is 0 Å². The van der Waals surface area contributed by atoms with Crippen LogP contribution in [-0.2, 0) is 0 Å². The average molecular weight is 311 g/mol. The van der Waals surface area contributed by atoms with Crippen LogP contribution in [0, 0.1) is 24.6 Å². The Morgan fingerprint density at radius 3 is 2.68 bits per heavy atom. The van der Waals surface area contributed by atoms with Gasteiger partial charge in [0.1, 0.15) is 5.82 Å². The topological polar surface area (TPSA) is 17.8 Å². The molecule has 22 heavy (non-hydrogen) atoms. The van der Waals surface area contributed by atoms with E-state index in [-0.39, 0.29) is 5.82 Å². The van der Waals surface area contributed by atoms with Crippen molar-refractivity contribution in [1.82, 2.24) is 9.78 Å². The summed E-state index contributed by atoms with van der Waals surface area (Å²) in [6.45, 7) is 1.84. The van der Waals surface area contributed by atoms with Crippen molar-refractivity contribution in [3.8, 4) is 17.5 Å². The lowest BCUT2D eigenvalue weighted by Gasteiger charge is -2.02. The summed E-state index contributed by atoms with van der Waals surface area (Å²) in [5.41, 5.74) is 3.11. The molecule has 3 aromatic rings. The van der Waals surface area contributed by atoms with Crippen LogP contribution >= 0.6 is 11.6 Å². The number of benzene rings is 2. The van der Waals surface area contributed by atoms with Crippen molar-refractivity contribution in [1.29, 1.82) is 0 Å². The molecule has 0 N–H and O–H groups in total. The van der Waals surface area contributed by atoms with Gasteiger partial charge in [0.05, 0.1) is 17.4 Å². The first-order valence-electron chi connectivity index (χ1n) is 6.70. The Morgan fingerprint density at radius 2 is 1.91 bits per heavy atom. The highest BCUT2D eigenvalue weighted by atomic mass is 35.5. The molecule has 0 bridgehead atoms. The van der Waals surface area contributed by atoms with Crippen molar-refractivity contribution in [2.75, 3.05) is 0 Å². The van der Waals surface area contributed by atoms with Gasteiger partial charge >= 0.3 is 0 Å². The first-order valence-corrected chi connectivity index (χ1v) is 7.08. The molecule has 2 aromatic carbocycles. The summed E-state index contributed by atoms with van der Waals surface area (Å²) < 4.78 is 15.1. The van der Waals surface area contributed by atoms with Crippen LogP contribution < -0.4 is 0 Å². The minimum Gasteiger partial charge on any atom is -0.240 e. The number of halogens is 2. The van der Waals surface area contributed by atoms with Crippen molar-refractivity contribution < 1.29 is 4.39 Å². The van der Waals surface area contributed by atoms with E-state index < -0.39 is 0 Å². The molecule has 0 aliphatic carbocycles. The van der Waals surface area contributed by atoms with E-state index in [1.54, 1.807) is 29.2 Å². The number of aryl methyl sites for hydroxylation is 1. The van der Waals surface area contributed by atoms with Crippen molar-refractivity contribution >= 4 is 11.6 Å². The van der Waals surface area contributed by atoms with Gasteiger partial charge in [-0.25, -0.2) is 9.07 Å². The molecule has 0 radical (unpaired) electrons. The quantitative estimate of drug-likeness (QED) is 0.610. The maximum atomic E-state index is 13.4. The van der Waals surface area contributed by atoms with E-state index in [1.807, 2.05) is 25.1 Å². The Morgan fingerprint density at radius 1 is 1.09 bits per heavy atom. The van der Waals surface area contributed by atoms with Crippen molar-refractivity contribution in [3.63, 3.8) is 0 Å². The molecule has 2 nitrogen and oxygen atoms in total. The van der Waals surface area contributed by atoms with Crippen LogP contribution in [-0.4, -0.2) is 9.78 Å². The molecule has 0 atom stereocenters. The molecule has 0 saturated carbocycles. The van der Waals surface area contributed by atoms with Crippen LogP contribution in [0.5, 0.6) is 0 Å². The molecule has 4 heteroatoms. The SMILES string of the molecule is Cc1cc(F)cc(-n2cc(C#Cc3cccc(Cl)c3)cn2)c1. The second-order valence-electron chi connectivity index (χ2n) is 4.92. The van der Waals surface area contributed by atoms with Gasteiger partial charge < -0.3 is 0 Å². The fraction of sp³-hybridized carbons (Fsp3) is 0.0556. The predicted molar refractivity (Wildman–Crippen MR) is 85.7 cm³/mol. The predicted octanol–water partition coefficient (Wildman–Crippen LogP) is 4.37. The third-order valence-corrected chi connectivity index (χ3v) is 3.28. The van der Waals surface area contributed by atoms with Gasteiger partial charge in [-0.2, -0.15) is 5.10 Å². The van der Waals surface area contributed by atoms with Gasteiger partial charge in [-0.1, -0.05) is 29.5 Å². The van der Waals surface area contributed by atoms with E-state index in [1.165, 1.54) is 12.1 Å². The Bertz CT molecular complexity index is 867. The van der Waals surface area contributed by atoms with Crippen LogP contribution in [0.2, 0.25) is 5.02 Å². The third kappa shape index (κ3) is 3.36. The fourth-order valence-electron chi connectivity index (χ4n) is 2.09. The summed E-state index contributed by atoms with van der Waals surface area (Å²) in [5.74, 6) is 5.77. The van der Waals surface area contributed by atoms with Gasteiger partial charge in [-0.05, 0) is 48.9 Å². The number of hydrogen-bond donors (Lipinski definition) is 0. The van der Waals surface area contributed by atoms with Crippen LogP contribution in [0.15, 0.2) is 54.9 Å². The van der Waals surface area contributed by atoms with Crippen LogP contribution in [0.25, 0.3) is 5.69 Å². The molecule has 0 aliphatic rings. The normalized spacial score (nSPS) is 10.1. The zero-order valence-corrected chi connectivity index (χ0v) is 12.6. The number of hydrogen-bond acceptors (Lipinski definition) is 1. The Hall–Kier alpha value is -2.57. The molecule has 1 heterocycles. The molecule has 108 valence electrons. The monoisotopic (exact) mass is 310 g/mol. The maximum absolute atomic E-state index is 13.4. The van der Waals surface area contributed by atoms with E-state index in [0.717, 1.165) is 16.7 Å². The second-order valence-corrected chi connectivity index (χ2v) is 5.36. The lowest BCUT2D eigenvalue weighted by atomic mass is 10.2. The maximum Gasteiger partial charge on any atom is 0.125 e. The van der Waals surface area contributed by atoms with E-state index in [0.29, 0.717) is 10.7 Å². The zero-order valence-electron chi connectivity index (χ0n) is 11.8. The average Bonchev–Trinajstić information content (AvgIpc) is 2.93. The van der Waals surface area contributed by atoms with Crippen molar-refractivity contribution in [2.24, 2.45) is 0 Å². The minimum absolute atomic E-state index is 0.280. The van der Waals surface area contributed by atoms with Crippen LogP contribution in [0.3, 0.4) is 0 Å². The smallest absolute Gasteiger partial charge is 0.125 e. The minimum atomic E-state index is -0.280. The van der Waals surface area contributed by atoms with Crippen LogP contribution in [0.1, 0.15) is 16.7 Å². The summed E-state index contributed by atoms with van der Waals surface area (Å²) in [6, 6.07) is 12.1. The highest BCUT2D eigenvalue weighted by Crippen LogP contribution is 2.13. The van der Waals surface area contributed by atoms with Crippen molar-refractivity contribution in [2.45, 2.75) is 6.92 Å². The highest BCUT2D eigenvalue weighted by Gasteiger charge is 2.02. The summed E-state index contributed by atoms with van der Waals surface area (Å²) in [4.78, 5) is 0. The number of aromatic nitrogens is 2. The van der Waals surface area contributed by atoms with Gasteiger partial charge in [0, 0.05) is 16.8 Å². The summed E-state index contributed by atoms with van der Waals surface area (Å²) in [6.07, 6.45) is 3.42. The molecule has 0 aliphatic heterocycles.